The molecule has 1 amide bonds. The number of hydrogen-bond donors (Lipinski definition) is 1. The maximum atomic E-state index is 13.5. The molecule has 0 aliphatic carbocycles. The Morgan fingerprint density at radius 2 is 1.91 bits per heavy atom. The van der Waals surface area contributed by atoms with Crippen molar-refractivity contribution in [3.8, 4) is 11.5 Å². The monoisotopic (exact) mass is 301 g/mol. The maximum absolute atomic E-state index is 13.5. The summed E-state index contributed by atoms with van der Waals surface area (Å²) < 4.78 is 24.4. The third-order valence-electron chi connectivity index (χ3n) is 3.49. The Hall–Kier alpha value is -2.56. The van der Waals surface area contributed by atoms with Crippen molar-refractivity contribution in [3.05, 3.63) is 58.9 Å². The lowest BCUT2D eigenvalue weighted by molar-refractivity contribution is 0.0950. The van der Waals surface area contributed by atoms with E-state index in [1.165, 1.54) is 6.07 Å². The van der Waals surface area contributed by atoms with Gasteiger partial charge in [0.1, 0.15) is 19.0 Å². The Bertz CT molecular complexity index is 715. The Kier molecular flexibility index (Phi) is 3.96. The standard InChI is InChI=1S/C17H16FNO3/c1-11-2-4-13(9-14(11)18)17(20)19-10-12-3-5-15-16(8-12)22-7-6-21-15/h2-5,8-9H,6-7,10H2,1H3,(H,19,20). The second-order valence-corrected chi connectivity index (χ2v) is 5.12. The molecule has 0 saturated heterocycles. The molecule has 0 aromatic heterocycles. The molecule has 0 atom stereocenters. The van der Waals surface area contributed by atoms with E-state index >= 15 is 0 Å². The van der Waals surface area contributed by atoms with E-state index in [0.717, 1.165) is 5.56 Å². The fraction of sp³-hybridized carbons (Fsp3) is 0.235. The van der Waals surface area contributed by atoms with Crippen LogP contribution >= 0.6 is 0 Å². The zero-order valence-corrected chi connectivity index (χ0v) is 12.2. The molecule has 3 rings (SSSR count). The van der Waals surface area contributed by atoms with Gasteiger partial charge in [0.2, 0.25) is 0 Å². The minimum Gasteiger partial charge on any atom is -0.486 e. The van der Waals surface area contributed by atoms with Gasteiger partial charge in [0, 0.05) is 12.1 Å². The van der Waals surface area contributed by atoms with Crippen molar-refractivity contribution >= 4 is 5.91 Å². The number of hydrogen-bond acceptors (Lipinski definition) is 3. The van der Waals surface area contributed by atoms with Crippen molar-refractivity contribution in [2.45, 2.75) is 13.5 Å². The quantitative estimate of drug-likeness (QED) is 0.948. The maximum Gasteiger partial charge on any atom is 0.251 e. The number of halogens is 1. The third-order valence-corrected chi connectivity index (χ3v) is 3.49. The SMILES string of the molecule is Cc1ccc(C(=O)NCc2ccc3c(c2)OCCO3)cc1F. The first-order chi connectivity index (χ1) is 10.6. The van der Waals surface area contributed by atoms with Crippen LogP contribution in [0.2, 0.25) is 0 Å². The van der Waals surface area contributed by atoms with E-state index in [1.54, 1.807) is 19.1 Å². The fourth-order valence-corrected chi connectivity index (χ4v) is 2.22. The normalized spacial score (nSPS) is 12.8. The van der Waals surface area contributed by atoms with Crippen molar-refractivity contribution in [2.24, 2.45) is 0 Å². The first-order valence-electron chi connectivity index (χ1n) is 7.06. The summed E-state index contributed by atoms with van der Waals surface area (Å²) in [6.45, 7) is 3.06. The highest BCUT2D eigenvalue weighted by Gasteiger charge is 2.12. The molecule has 114 valence electrons. The number of amides is 1. The van der Waals surface area contributed by atoms with E-state index in [1.807, 2.05) is 18.2 Å². The Balaban J connectivity index is 1.66. The van der Waals surface area contributed by atoms with Crippen LogP contribution in [0.25, 0.3) is 0 Å². The van der Waals surface area contributed by atoms with Gasteiger partial charge in [0.15, 0.2) is 11.5 Å². The van der Waals surface area contributed by atoms with Crippen molar-refractivity contribution in [1.29, 1.82) is 0 Å². The fourth-order valence-electron chi connectivity index (χ4n) is 2.22. The summed E-state index contributed by atoms with van der Waals surface area (Å²) in [7, 11) is 0. The molecule has 0 bridgehead atoms. The summed E-state index contributed by atoms with van der Waals surface area (Å²) >= 11 is 0. The summed E-state index contributed by atoms with van der Waals surface area (Å²) in [4.78, 5) is 12.0. The highest BCUT2D eigenvalue weighted by molar-refractivity contribution is 5.94. The largest absolute Gasteiger partial charge is 0.486 e. The van der Waals surface area contributed by atoms with E-state index in [4.69, 9.17) is 9.47 Å². The highest BCUT2D eigenvalue weighted by Crippen LogP contribution is 2.30. The molecule has 1 aliphatic rings. The van der Waals surface area contributed by atoms with Crippen LogP contribution in [0.5, 0.6) is 11.5 Å². The van der Waals surface area contributed by atoms with Crippen LogP contribution in [0, 0.1) is 12.7 Å². The van der Waals surface area contributed by atoms with E-state index in [0.29, 0.717) is 42.4 Å². The van der Waals surface area contributed by atoms with Gasteiger partial charge in [-0.1, -0.05) is 12.1 Å². The van der Waals surface area contributed by atoms with Crippen LogP contribution in [0.1, 0.15) is 21.5 Å². The Morgan fingerprint density at radius 1 is 1.14 bits per heavy atom. The first kappa shape index (κ1) is 14.4. The number of carbonyl (C=O) groups excluding carboxylic acids is 1. The van der Waals surface area contributed by atoms with E-state index in [9.17, 15) is 9.18 Å². The second-order valence-electron chi connectivity index (χ2n) is 5.12. The minimum absolute atomic E-state index is 0.306. The van der Waals surface area contributed by atoms with Crippen LogP contribution in [-0.2, 0) is 6.54 Å². The number of aryl methyl sites for hydroxylation is 1. The van der Waals surface area contributed by atoms with E-state index in [-0.39, 0.29) is 11.7 Å². The first-order valence-corrected chi connectivity index (χ1v) is 7.06. The van der Waals surface area contributed by atoms with Crippen molar-refractivity contribution < 1.29 is 18.7 Å². The lowest BCUT2D eigenvalue weighted by Crippen LogP contribution is -2.23. The van der Waals surface area contributed by atoms with Crippen LogP contribution in [0.4, 0.5) is 4.39 Å². The van der Waals surface area contributed by atoms with Crippen molar-refractivity contribution in [2.75, 3.05) is 13.2 Å². The highest BCUT2D eigenvalue weighted by atomic mass is 19.1. The van der Waals surface area contributed by atoms with Crippen molar-refractivity contribution in [3.63, 3.8) is 0 Å². The number of carbonyl (C=O) groups is 1. The Morgan fingerprint density at radius 3 is 2.68 bits per heavy atom. The van der Waals surface area contributed by atoms with Gasteiger partial charge in [-0.15, -0.1) is 0 Å². The van der Waals surface area contributed by atoms with Gasteiger partial charge in [-0.25, -0.2) is 4.39 Å². The molecular weight excluding hydrogens is 285 g/mol. The number of fused-ring (bicyclic) bond motifs is 1. The number of benzene rings is 2. The smallest absolute Gasteiger partial charge is 0.251 e. The molecule has 22 heavy (non-hydrogen) atoms. The second kappa shape index (κ2) is 6.05. The molecule has 1 aliphatic heterocycles. The zero-order chi connectivity index (χ0) is 15.5. The van der Waals surface area contributed by atoms with Crippen LogP contribution in [-0.4, -0.2) is 19.1 Å². The minimum atomic E-state index is -0.382. The van der Waals surface area contributed by atoms with Crippen LogP contribution in [0.15, 0.2) is 36.4 Å². The van der Waals surface area contributed by atoms with Crippen LogP contribution in [0.3, 0.4) is 0 Å². The topological polar surface area (TPSA) is 47.6 Å². The molecule has 4 nitrogen and oxygen atoms in total. The van der Waals surface area contributed by atoms with E-state index in [2.05, 4.69) is 5.32 Å². The molecule has 2 aromatic carbocycles. The molecule has 5 heteroatoms. The summed E-state index contributed by atoms with van der Waals surface area (Å²) in [6.07, 6.45) is 0. The van der Waals surface area contributed by atoms with Gasteiger partial charge in [0.05, 0.1) is 0 Å². The number of ether oxygens (including phenoxy) is 2. The summed E-state index contributed by atoms with van der Waals surface area (Å²) in [6, 6.07) is 9.97. The molecule has 2 aromatic rings. The molecule has 1 heterocycles. The summed E-state index contributed by atoms with van der Waals surface area (Å²) in [5, 5.41) is 2.77. The van der Waals surface area contributed by atoms with Gasteiger partial charge in [-0.05, 0) is 42.3 Å². The average molecular weight is 301 g/mol. The third kappa shape index (κ3) is 3.03. The van der Waals surface area contributed by atoms with Gasteiger partial charge in [-0.3, -0.25) is 4.79 Å². The predicted octanol–water partition coefficient (Wildman–Crippen LogP) is 2.84. The van der Waals surface area contributed by atoms with E-state index < -0.39 is 0 Å². The molecule has 0 saturated carbocycles. The summed E-state index contributed by atoms with van der Waals surface area (Å²) in [5.74, 6) is 0.696. The molecule has 0 unspecified atom stereocenters. The molecule has 1 N–H and O–H groups in total. The number of rotatable bonds is 3. The van der Waals surface area contributed by atoms with Gasteiger partial charge < -0.3 is 14.8 Å². The number of nitrogens with one attached hydrogen (secondary N) is 1. The van der Waals surface area contributed by atoms with Crippen molar-refractivity contribution in [1.82, 2.24) is 5.32 Å². The predicted molar refractivity (Wildman–Crippen MR) is 79.7 cm³/mol. The lowest BCUT2D eigenvalue weighted by Gasteiger charge is -2.19. The van der Waals surface area contributed by atoms with Crippen LogP contribution < -0.4 is 14.8 Å². The molecule has 0 spiro atoms. The van der Waals surface area contributed by atoms with Gasteiger partial charge in [-0.2, -0.15) is 0 Å². The zero-order valence-electron chi connectivity index (χ0n) is 12.2. The summed E-state index contributed by atoms with van der Waals surface area (Å²) in [5.41, 5.74) is 1.72. The molecule has 0 fully saturated rings. The molecule has 0 radical (unpaired) electrons. The van der Waals surface area contributed by atoms with Gasteiger partial charge in [0.25, 0.3) is 5.91 Å². The molecular formula is C17H16FNO3. The Labute approximate surface area is 127 Å². The average Bonchev–Trinajstić information content (AvgIpc) is 2.55. The lowest BCUT2D eigenvalue weighted by atomic mass is 10.1. The van der Waals surface area contributed by atoms with Gasteiger partial charge >= 0.3 is 0 Å².